The van der Waals surface area contributed by atoms with Crippen molar-refractivity contribution >= 4 is 0 Å². The predicted molar refractivity (Wildman–Crippen MR) is 84.6 cm³/mol. The monoisotopic (exact) mass is 272 g/mol. The zero-order valence-corrected chi connectivity index (χ0v) is 14.2. The van der Waals surface area contributed by atoms with E-state index in [0.717, 1.165) is 32.2 Å². The molecule has 0 aromatic carbocycles. The quantitative estimate of drug-likeness (QED) is 0.642. The van der Waals surface area contributed by atoms with Crippen molar-refractivity contribution in [3.63, 3.8) is 0 Å². The van der Waals surface area contributed by atoms with E-state index in [1.54, 1.807) is 0 Å². The first-order valence-corrected chi connectivity index (χ1v) is 7.83. The molecule has 0 rings (SSSR count). The lowest BCUT2D eigenvalue weighted by Crippen LogP contribution is -2.51. The van der Waals surface area contributed by atoms with Gasteiger partial charge in [-0.1, -0.05) is 27.7 Å². The van der Waals surface area contributed by atoms with Crippen molar-refractivity contribution in [1.29, 1.82) is 0 Å². The number of nitrogens with zero attached hydrogens (tertiary/aromatic N) is 1. The van der Waals surface area contributed by atoms with Gasteiger partial charge in [0.15, 0.2) is 0 Å². The van der Waals surface area contributed by atoms with E-state index in [-0.39, 0.29) is 17.7 Å². The Morgan fingerprint density at radius 1 is 1.16 bits per heavy atom. The summed E-state index contributed by atoms with van der Waals surface area (Å²) in [5, 5.41) is 13.3. The Bertz CT molecular complexity index is 235. The molecule has 0 radical (unpaired) electrons. The fourth-order valence-corrected chi connectivity index (χ4v) is 2.43. The van der Waals surface area contributed by atoms with Gasteiger partial charge in [0.25, 0.3) is 0 Å². The lowest BCUT2D eigenvalue weighted by molar-refractivity contribution is 0.114. The summed E-state index contributed by atoms with van der Waals surface area (Å²) in [6, 6.07) is 0.414. The van der Waals surface area contributed by atoms with Crippen molar-refractivity contribution in [1.82, 2.24) is 10.2 Å². The van der Waals surface area contributed by atoms with Crippen molar-refractivity contribution in [3.8, 4) is 0 Å². The minimum atomic E-state index is -0.106. The molecule has 0 saturated heterocycles. The average molecular weight is 272 g/mol. The van der Waals surface area contributed by atoms with E-state index in [0.29, 0.717) is 6.04 Å². The van der Waals surface area contributed by atoms with Gasteiger partial charge in [0.1, 0.15) is 0 Å². The molecule has 3 nitrogen and oxygen atoms in total. The topological polar surface area (TPSA) is 35.5 Å². The number of nitrogens with one attached hydrogen (secondary N) is 1. The van der Waals surface area contributed by atoms with Gasteiger partial charge >= 0.3 is 0 Å². The van der Waals surface area contributed by atoms with E-state index < -0.39 is 0 Å². The summed E-state index contributed by atoms with van der Waals surface area (Å²) in [5.74, 6) is 0. The van der Waals surface area contributed by atoms with Gasteiger partial charge in [-0.15, -0.1) is 0 Å². The first-order valence-electron chi connectivity index (χ1n) is 7.83. The Morgan fingerprint density at radius 2 is 1.74 bits per heavy atom. The van der Waals surface area contributed by atoms with Crippen LogP contribution in [-0.2, 0) is 0 Å². The molecular formula is C16H36N2O. The number of aliphatic hydroxyl groups is 1. The van der Waals surface area contributed by atoms with Crippen LogP contribution in [-0.4, -0.2) is 47.3 Å². The molecule has 1 unspecified atom stereocenters. The Balaban J connectivity index is 4.34. The van der Waals surface area contributed by atoms with E-state index in [2.05, 4.69) is 58.8 Å². The first kappa shape index (κ1) is 18.9. The molecule has 0 spiro atoms. The van der Waals surface area contributed by atoms with E-state index >= 15 is 0 Å². The van der Waals surface area contributed by atoms with Gasteiger partial charge in [0.2, 0.25) is 0 Å². The highest BCUT2D eigenvalue weighted by molar-refractivity contribution is 4.88. The van der Waals surface area contributed by atoms with Gasteiger partial charge in [-0.25, -0.2) is 0 Å². The first-order chi connectivity index (χ1) is 8.73. The van der Waals surface area contributed by atoms with Crippen LogP contribution in [0.4, 0.5) is 0 Å². The van der Waals surface area contributed by atoms with Gasteiger partial charge in [-0.3, -0.25) is 0 Å². The number of aliphatic hydroxyl groups excluding tert-OH is 1. The third kappa shape index (κ3) is 6.24. The normalized spacial score (nSPS) is 16.1. The number of hydrogen-bond acceptors (Lipinski definition) is 3. The van der Waals surface area contributed by atoms with Crippen molar-refractivity contribution in [2.75, 3.05) is 20.2 Å². The van der Waals surface area contributed by atoms with E-state index in [1.165, 1.54) is 0 Å². The zero-order chi connectivity index (χ0) is 15.1. The van der Waals surface area contributed by atoms with Crippen LogP contribution in [0.25, 0.3) is 0 Å². The summed E-state index contributed by atoms with van der Waals surface area (Å²) in [6.45, 7) is 14.6. The molecule has 0 aliphatic rings. The standard InChI is InChI=1S/C16H36N2O/c1-8-15(5,6)18(7)12-10-11-16(9-2,13-19)17-14(3)4/h14,17,19H,8-13H2,1-7H3. The Kier molecular flexibility index (Phi) is 8.18. The van der Waals surface area contributed by atoms with E-state index in [1.807, 2.05) is 0 Å². The molecule has 0 amide bonds. The third-order valence-electron chi connectivity index (χ3n) is 4.62. The molecule has 2 N–H and O–H groups in total. The minimum absolute atomic E-state index is 0.106. The van der Waals surface area contributed by atoms with Gasteiger partial charge in [-0.2, -0.15) is 0 Å². The van der Waals surface area contributed by atoms with Crippen LogP contribution < -0.4 is 5.32 Å². The molecular weight excluding hydrogens is 236 g/mol. The molecule has 0 fully saturated rings. The SMILES string of the molecule is CCC(CO)(CCCN(C)C(C)(C)CC)NC(C)C. The Labute approximate surface area is 120 Å². The maximum absolute atomic E-state index is 9.72. The molecule has 0 bridgehead atoms. The van der Waals surface area contributed by atoms with E-state index in [9.17, 15) is 5.11 Å². The molecule has 0 saturated carbocycles. The molecule has 116 valence electrons. The molecule has 0 heterocycles. The molecule has 19 heavy (non-hydrogen) atoms. The van der Waals surface area contributed by atoms with Gasteiger partial charge in [0, 0.05) is 17.1 Å². The van der Waals surface area contributed by atoms with Gasteiger partial charge in [-0.05, 0) is 53.1 Å². The Hall–Kier alpha value is -0.120. The van der Waals surface area contributed by atoms with Crippen LogP contribution in [0.1, 0.15) is 67.2 Å². The zero-order valence-electron chi connectivity index (χ0n) is 14.2. The minimum Gasteiger partial charge on any atom is -0.394 e. The van der Waals surface area contributed by atoms with Crippen LogP contribution in [0.5, 0.6) is 0 Å². The highest BCUT2D eigenvalue weighted by Gasteiger charge is 2.28. The summed E-state index contributed by atoms with van der Waals surface area (Å²) in [4.78, 5) is 2.43. The second-order valence-corrected chi connectivity index (χ2v) is 6.78. The average Bonchev–Trinajstić information content (AvgIpc) is 2.36. The van der Waals surface area contributed by atoms with Crippen LogP contribution >= 0.6 is 0 Å². The highest BCUT2D eigenvalue weighted by atomic mass is 16.3. The molecule has 1 atom stereocenters. The maximum atomic E-state index is 9.72. The molecule has 0 aliphatic heterocycles. The summed E-state index contributed by atoms with van der Waals surface area (Å²) in [7, 11) is 2.20. The van der Waals surface area contributed by atoms with Gasteiger partial charge < -0.3 is 15.3 Å². The maximum Gasteiger partial charge on any atom is 0.0613 e. The van der Waals surface area contributed by atoms with Crippen LogP contribution in [0.3, 0.4) is 0 Å². The van der Waals surface area contributed by atoms with Crippen LogP contribution in [0.2, 0.25) is 0 Å². The third-order valence-corrected chi connectivity index (χ3v) is 4.62. The van der Waals surface area contributed by atoms with Crippen LogP contribution in [0, 0.1) is 0 Å². The van der Waals surface area contributed by atoms with E-state index in [4.69, 9.17) is 0 Å². The van der Waals surface area contributed by atoms with Crippen molar-refractivity contribution in [3.05, 3.63) is 0 Å². The second-order valence-electron chi connectivity index (χ2n) is 6.78. The highest BCUT2D eigenvalue weighted by Crippen LogP contribution is 2.21. The lowest BCUT2D eigenvalue weighted by atomic mass is 9.89. The summed E-state index contributed by atoms with van der Waals surface area (Å²) in [5.41, 5.74) is 0.158. The molecule has 0 aromatic heterocycles. The van der Waals surface area contributed by atoms with Crippen LogP contribution in [0.15, 0.2) is 0 Å². The van der Waals surface area contributed by atoms with Crippen molar-refractivity contribution in [2.45, 2.75) is 84.3 Å². The summed E-state index contributed by atoms with van der Waals surface area (Å²) in [6.07, 6.45) is 4.28. The smallest absolute Gasteiger partial charge is 0.0613 e. The molecule has 0 aromatic rings. The summed E-state index contributed by atoms with van der Waals surface area (Å²) < 4.78 is 0. The molecule has 3 heteroatoms. The van der Waals surface area contributed by atoms with Crippen molar-refractivity contribution in [2.24, 2.45) is 0 Å². The fraction of sp³-hybridized carbons (Fsp3) is 1.00. The number of rotatable bonds is 10. The summed E-state index contributed by atoms with van der Waals surface area (Å²) >= 11 is 0. The second kappa shape index (κ2) is 8.23. The Morgan fingerprint density at radius 3 is 2.11 bits per heavy atom. The fourth-order valence-electron chi connectivity index (χ4n) is 2.43. The number of hydrogen-bond donors (Lipinski definition) is 2. The predicted octanol–water partition coefficient (Wildman–Crippen LogP) is 3.03. The van der Waals surface area contributed by atoms with Gasteiger partial charge in [0.05, 0.1) is 6.61 Å². The lowest BCUT2D eigenvalue weighted by Gasteiger charge is -2.38. The van der Waals surface area contributed by atoms with Crippen molar-refractivity contribution < 1.29 is 5.11 Å². The largest absolute Gasteiger partial charge is 0.394 e. The molecule has 0 aliphatic carbocycles.